The summed E-state index contributed by atoms with van der Waals surface area (Å²) in [5.74, 6) is -0.687. The maximum atomic E-state index is 12.1. The summed E-state index contributed by atoms with van der Waals surface area (Å²) in [5, 5.41) is 4.83. The van der Waals surface area contributed by atoms with Gasteiger partial charge in [0.05, 0.1) is 23.9 Å². The van der Waals surface area contributed by atoms with Gasteiger partial charge in [-0.15, -0.1) is 0 Å². The Hall–Kier alpha value is -3.41. The molecule has 1 heterocycles. The van der Waals surface area contributed by atoms with Crippen LogP contribution in [0.25, 0.3) is 6.08 Å². The predicted molar refractivity (Wildman–Crippen MR) is 88.9 cm³/mol. The van der Waals surface area contributed by atoms with Gasteiger partial charge >= 0.3 is 0 Å². The van der Waals surface area contributed by atoms with Crippen LogP contribution in [0.3, 0.4) is 0 Å². The number of hydrogen-bond donors (Lipinski definition) is 2. The highest BCUT2D eigenvalue weighted by atomic mass is 16.5. The molecule has 3 amide bonds. The molecule has 2 N–H and O–H groups in total. The van der Waals surface area contributed by atoms with Gasteiger partial charge in [0.2, 0.25) is 5.91 Å². The van der Waals surface area contributed by atoms with E-state index in [1.54, 1.807) is 37.5 Å². The molecule has 6 nitrogen and oxygen atoms in total. The molecule has 0 saturated heterocycles. The standard InChI is InChI=1S/C18H14N2O4/c1-24-12-5-2-4-11(10-12)8-9-15(21)19-14-7-3-6-13-16(14)18(23)20-17(13)22/h2-10H,1H3,(H,19,21)(H,20,22,23)/b9-8+. The Labute approximate surface area is 138 Å². The van der Waals surface area contributed by atoms with Gasteiger partial charge in [-0.3, -0.25) is 19.7 Å². The maximum Gasteiger partial charge on any atom is 0.261 e. The Morgan fingerprint density at radius 1 is 1.12 bits per heavy atom. The van der Waals surface area contributed by atoms with Crippen LogP contribution >= 0.6 is 0 Å². The van der Waals surface area contributed by atoms with Crippen molar-refractivity contribution >= 4 is 29.5 Å². The van der Waals surface area contributed by atoms with E-state index in [0.29, 0.717) is 11.4 Å². The summed E-state index contributed by atoms with van der Waals surface area (Å²) in [7, 11) is 1.57. The molecule has 1 aliphatic rings. The van der Waals surface area contributed by atoms with Crippen LogP contribution in [0.1, 0.15) is 26.3 Å². The number of fused-ring (bicyclic) bond motifs is 1. The van der Waals surface area contributed by atoms with Crippen LogP contribution in [0, 0.1) is 0 Å². The van der Waals surface area contributed by atoms with Gasteiger partial charge in [-0.2, -0.15) is 0 Å². The highest BCUT2D eigenvalue weighted by Crippen LogP contribution is 2.24. The van der Waals surface area contributed by atoms with Gasteiger partial charge in [0.1, 0.15) is 5.75 Å². The molecule has 0 saturated carbocycles. The Balaban J connectivity index is 1.78. The van der Waals surface area contributed by atoms with Crippen molar-refractivity contribution < 1.29 is 19.1 Å². The first-order valence-corrected chi connectivity index (χ1v) is 7.20. The van der Waals surface area contributed by atoms with E-state index in [1.165, 1.54) is 12.1 Å². The molecule has 2 aromatic carbocycles. The molecule has 0 aromatic heterocycles. The molecular formula is C18H14N2O4. The smallest absolute Gasteiger partial charge is 0.261 e. The number of hydrogen-bond acceptors (Lipinski definition) is 4. The average Bonchev–Trinajstić information content (AvgIpc) is 2.88. The number of anilines is 1. The predicted octanol–water partition coefficient (Wildman–Crippen LogP) is 2.23. The SMILES string of the molecule is COc1cccc(/C=C/C(=O)Nc2cccc3c2C(=O)NC3=O)c1. The minimum absolute atomic E-state index is 0.186. The van der Waals surface area contributed by atoms with Gasteiger partial charge in [0, 0.05) is 6.08 Å². The number of carbonyl (C=O) groups excluding carboxylic acids is 3. The molecule has 0 aliphatic carbocycles. The molecule has 0 radical (unpaired) electrons. The largest absolute Gasteiger partial charge is 0.497 e. The van der Waals surface area contributed by atoms with E-state index in [9.17, 15) is 14.4 Å². The summed E-state index contributed by atoms with van der Waals surface area (Å²) in [4.78, 5) is 35.5. The Bertz CT molecular complexity index is 871. The molecule has 0 fully saturated rings. The summed E-state index contributed by atoms with van der Waals surface area (Å²) in [6, 6.07) is 12.0. The molecule has 0 unspecified atom stereocenters. The topological polar surface area (TPSA) is 84.5 Å². The summed E-state index contributed by atoms with van der Waals surface area (Å²) >= 11 is 0. The second-order valence-corrected chi connectivity index (χ2v) is 5.11. The van der Waals surface area contributed by atoms with Gasteiger partial charge < -0.3 is 10.1 Å². The second kappa shape index (κ2) is 6.37. The summed E-state index contributed by atoms with van der Waals surface area (Å²) in [6.07, 6.45) is 2.98. The molecule has 0 atom stereocenters. The Morgan fingerprint density at radius 2 is 1.92 bits per heavy atom. The number of benzene rings is 2. The van der Waals surface area contributed by atoms with Crippen molar-refractivity contribution in [2.75, 3.05) is 12.4 Å². The first-order valence-electron chi connectivity index (χ1n) is 7.20. The van der Waals surface area contributed by atoms with Crippen LogP contribution in [0.5, 0.6) is 5.75 Å². The number of carbonyl (C=O) groups is 3. The molecule has 120 valence electrons. The van der Waals surface area contributed by atoms with Gasteiger partial charge in [-0.25, -0.2) is 0 Å². The number of imide groups is 1. The van der Waals surface area contributed by atoms with E-state index in [1.807, 2.05) is 12.1 Å². The highest BCUT2D eigenvalue weighted by Gasteiger charge is 2.29. The monoisotopic (exact) mass is 322 g/mol. The van der Waals surface area contributed by atoms with E-state index < -0.39 is 17.7 Å². The van der Waals surface area contributed by atoms with Crippen molar-refractivity contribution in [1.82, 2.24) is 5.32 Å². The zero-order chi connectivity index (χ0) is 17.1. The first kappa shape index (κ1) is 15.5. The fourth-order valence-corrected chi connectivity index (χ4v) is 2.41. The molecular weight excluding hydrogens is 308 g/mol. The number of ether oxygens (including phenoxy) is 1. The molecule has 24 heavy (non-hydrogen) atoms. The van der Waals surface area contributed by atoms with Crippen molar-refractivity contribution in [1.29, 1.82) is 0 Å². The first-order chi connectivity index (χ1) is 11.6. The minimum atomic E-state index is -0.511. The molecule has 0 bridgehead atoms. The van der Waals surface area contributed by atoms with Crippen LogP contribution in [0.2, 0.25) is 0 Å². The number of amides is 3. The summed E-state index contributed by atoms with van der Waals surface area (Å²) < 4.78 is 5.12. The summed E-state index contributed by atoms with van der Waals surface area (Å²) in [5.41, 5.74) is 1.55. The van der Waals surface area contributed by atoms with E-state index in [0.717, 1.165) is 5.56 Å². The fourth-order valence-electron chi connectivity index (χ4n) is 2.41. The van der Waals surface area contributed by atoms with E-state index in [-0.39, 0.29) is 11.1 Å². The molecule has 2 aromatic rings. The van der Waals surface area contributed by atoms with E-state index in [2.05, 4.69) is 10.6 Å². The van der Waals surface area contributed by atoms with Gasteiger partial charge in [0.25, 0.3) is 11.8 Å². The molecule has 3 rings (SSSR count). The van der Waals surface area contributed by atoms with Crippen molar-refractivity contribution in [3.05, 3.63) is 65.2 Å². The quantitative estimate of drug-likeness (QED) is 0.668. The molecule has 1 aliphatic heterocycles. The zero-order valence-corrected chi connectivity index (χ0v) is 12.8. The van der Waals surface area contributed by atoms with Crippen LogP contribution in [-0.4, -0.2) is 24.8 Å². The lowest BCUT2D eigenvalue weighted by molar-refractivity contribution is -0.111. The lowest BCUT2D eigenvalue weighted by Gasteiger charge is -2.06. The minimum Gasteiger partial charge on any atom is -0.497 e. The third-order valence-electron chi connectivity index (χ3n) is 3.54. The zero-order valence-electron chi connectivity index (χ0n) is 12.8. The fraction of sp³-hybridized carbons (Fsp3) is 0.0556. The molecule has 6 heteroatoms. The Kier molecular flexibility index (Phi) is 4.11. The van der Waals surface area contributed by atoms with Crippen LogP contribution in [0.15, 0.2) is 48.5 Å². The van der Waals surface area contributed by atoms with Crippen molar-refractivity contribution in [3.63, 3.8) is 0 Å². The van der Waals surface area contributed by atoms with Gasteiger partial charge in [-0.05, 0) is 35.9 Å². The van der Waals surface area contributed by atoms with E-state index in [4.69, 9.17) is 4.74 Å². The lowest BCUT2D eigenvalue weighted by atomic mass is 10.1. The van der Waals surface area contributed by atoms with Crippen LogP contribution in [0.4, 0.5) is 5.69 Å². The number of rotatable bonds is 4. The second-order valence-electron chi connectivity index (χ2n) is 5.11. The summed E-state index contributed by atoms with van der Waals surface area (Å²) in [6.45, 7) is 0. The molecule has 0 spiro atoms. The highest BCUT2D eigenvalue weighted by molar-refractivity contribution is 6.24. The maximum absolute atomic E-state index is 12.1. The van der Waals surface area contributed by atoms with Crippen LogP contribution in [-0.2, 0) is 4.79 Å². The van der Waals surface area contributed by atoms with Crippen molar-refractivity contribution in [2.45, 2.75) is 0 Å². The number of nitrogens with one attached hydrogen (secondary N) is 2. The van der Waals surface area contributed by atoms with Gasteiger partial charge in [0.15, 0.2) is 0 Å². The Morgan fingerprint density at radius 3 is 2.71 bits per heavy atom. The normalized spacial score (nSPS) is 12.9. The third-order valence-corrected chi connectivity index (χ3v) is 3.54. The third kappa shape index (κ3) is 3.03. The lowest BCUT2D eigenvalue weighted by Crippen LogP contribution is -2.20. The number of methoxy groups -OCH3 is 1. The van der Waals surface area contributed by atoms with Crippen molar-refractivity contribution in [2.24, 2.45) is 0 Å². The van der Waals surface area contributed by atoms with Gasteiger partial charge in [-0.1, -0.05) is 18.2 Å². The van der Waals surface area contributed by atoms with Crippen LogP contribution < -0.4 is 15.4 Å². The van der Waals surface area contributed by atoms with Crippen molar-refractivity contribution in [3.8, 4) is 5.75 Å². The van der Waals surface area contributed by atoms with E-state index >= 15 is 0 Å². The average molecular weight is 322 g/mol.